The molecular formula is C6H9N3OS. The lowest BCUT2D eigenvalue weighted by Gasteiger charge is -2.00. The minimum Gasteiger partial charge on any atom is -0.292 e. The van der Waals surface area contributed by atoms with Crippen molar-refractivity contribution in [2.24, 2.45) is 0 Å². The Bertz CT molecular complexity index is 286. The highest BCUT2D eigenvalue weighted by molar-refractivity contribution is 7.99. The van der Waals surface area contributed by atoms with Crippen LogP contribution < -0.4 is 5.69 Å². The number of hydrogen-bond acceptors (Lipinski definition) is 3. The molecule has 0 spiro atoms. The molecule has 1 aliphatic heterocycles. The van der Waals surface area contributed by atoms with Gasteiger partial charge in [0.15, 0.2) is 0 Å². The van der Waals surface area contributed by atoms with Crippen molar-refractivity contribution in [2.45, 2.75) is 18.1 Å². The van der Waals surface area contributed by atoms with Crippen LogP contribution in [0.5, 0.6) is 0 Å². The molecule has 1 unspecified atom stereocenters. The predicted molar refractivity (Wildman–Crippen MR) is 43.6 cm³/mol. The number of H-pyrrole nitrogens is 2. The van der Waals surface area contributed by atoms with Crippen LogP contribution in [0.2, 0.25) is 0 Å². The largest absolute Gasteiger partial charge is 0.340 e. The van der Waals surface area contributed by atoms with E-state index in [9.17, 15) is 4.79 Å². The highest BCUT2D eigenvalue weighted by atomic mass is 32.2. The maximum atomic E-state index is 10.7. The zero-order valence-electron chi connectivity index (χ0n) is 5.96. The van der Waals surface area contributed by atoms with Gasteiger partial charge in [-0.2, -0.15) is 16.9 Å². The van der Waals surface area contributed by atoms with Crippen molar-refractivity contribution in [1.82, 2.24) is 15.2 Å². The van der Waals surface area contributed by atoms with Crippen molar-refractivity contribution in [3.8, 4) is 0 Å². The topological polar surface area (TPSA) is 61.5 Å². The molecule has 1 aliphatic rings. The smallest absolute Gasteiger partial charge is 0.292 e. The number of aromatic amines is 2. The Labute approximate surface area is 67.8 Å². The fraction of sp³-hybridized carbons (Fsp3) is 0.667. The van der Waals surface area contributed by atoms with Gasteiger partial charge in [-0.1, -0.05) is 0 Å². The quantitative estimate of drug-likeness (QED) is 0.652. The van der Waals surface area contributed by atoms with Crippen LogP contribution in [0, 0.1) is 0 Å². The van der Waals surface area contributed by atoms with E-state index in [4.69, 9.17) is 0 Å². The molecule has 60 valence electrons. The Kier molecular flexibility index (Phi) is 1.73. The van der Waals surface area contributed by atoms with Crippen molar-refractivity contribution in [2.75, 3.05) is 5.75 Å². The first-order valence-electron chi connectivity index (χ1n) is 3.62. The molecule has 1 fully saturated rings. The van der Waals surface area contributed by atoms with E-state index < -0.39 is 0 Å². The molecule has 1 saturated heterocycles. The van der Waals surface area contributed by atoms with E-state index in [1.54, 1.807) is 0 Å². The first-order valence-corrected chi connectivity index (χ1v) is 4.67. The lowest BCUT2D eigenvalue weighted by Crippen LogP contribution is -2.01. The van der Waals surface area contributed by atoms with Crippen molar-refractivity contribution >= 4 is 11.8 Å². The Morgan fingerprint density at radius 2 is 2.55 bits per heavy atom. The summed E-state index contributed by atoms with van der Waals surface area (Å²) in [5.74, 6) is 1.98. The molecule has 0 radical (unpaired) electrons. The van der Waals surface area contributed by atoms with Crippen molar-refractivity contribution < 1.29 is 0 Å². The van der Waals surface area contributed by atoms with E-state index in [-0.39, 0.29) is 5.69 Å². The van der Waals surface area contributed by atoms with Gasteiger partial charge in [-0.15, -0.1) is 0 Å². The first-order chi connectivity index (χ1) is 5.36. The second-order valence-electron chi connectivity index (χ2n) is 2.56. The van der Waals surface area contributed by atoms with Crippen molar-refractivity contribution in [1.29, 1.82) is 0 Å². The summed E-state index contributed by atoms with van der Waals surface area (Å²) < 4.78 is 0. The first kappa shape index (κ1) is 6.97. The lowest BCUT2D eigenvalue weighted by atomic mass is 10.2. The summed E-state index contributed by atoms with van der Waals surface area (Å²) >= 11 is 1.86. The van der Waals surface area contributed by atoms with E-state index in [1.165, 1.54) is 12.2 Å². The lowest BCUT2D eigenvalue weighted by molar-refractivity contribution is 0.781. The van der Waals surface area contributed by atoms with Gasteiger partial charge < -0.3 is 0 Å². The molecular weight excluding hydrogens is 162 g/mol. The molecule has 11 heavy (non-hydrogen) atoms. The third-order valence-corrected chi connectivity index (χ3v) is 3.14. The Hall–Kier alpha value is -0.710. The van der Waals surface area contributed by atoms with E-state index in [0.29, 0.717) is 5.25 Å². The highest BCUT2D eigenvalue weighted by Gasteiger charge is 2.20. The number of nitrogens with zero attached hydrogens (tertiary/aromatic N) is 1. The maximum Gasteiger partial charge on any atom is 0.340 e. The summed E-state index contributed by atoms with van der Waals surface area (Å²) in [6.07, 6.45) is 2.36. The Morgan fingerprint density at radius 1 is 1.64 bits per heavy atom. The standard InChI is InChI=1S/C6H9N3OS/c10-6-7-5(8-9-6)4-2-1-3-11-4/h4H,1-3H2,(H2,7,8,9,10). The molecule has 4 nitrogen and oxygen atoms in total. The fourth-order valence-electron chi connectivity index (χ4n) is 1.23. The van der Waals surface area contributed by atoms with Gasteiger partial charge in [-0.25, -0.2) is 9.89 Å². The molecule has 0 bridgehead atoms. The third-order valence-electron chi connectivity index (χ3n) is 1.75. The van der Waals surface area contributed by atoms with Crippen LogP contribution in [0.3, 0.4) is 0 Å². The summed E-state index contributed by atoms with van der Waals surface area (Å²) in [5, 5.41) is 6.67. The summed E-state index contributed by atoms with van der Waals surface area (Å²) in [7, 11) is 0. The van der Waals surface area contributed by atoms with Gasteiger partial charge in [0.2, 0.25) is 0 Å². The number of nitrogens with one attached hydrogen (secondary N) is 2. The summed E-state index contributed by atoms with van der Waals surface area (Å²) in [5.41, 5.74) is -0.201. The van der Waals surface area contributed by atoms with Crippen LogP contribution in [0.25, 0.3) is 0 Å². The number of hydrogen-bond donors (Lipinski definition) is 2. The second-order valence-corrected chi connectivity index (χ2v) is 3.88. The number of thioether (sulfide) groups is 1. The molecule has 0 aromatic carbocycles. The normalized spacial score (nSPS) is 24.2. The maximum absolute atomic E-state index is 10.7. The number of rotatable bonds is 1. The minimum atomic E-state index is -0.201. The Balaban J connectivity index is 2.21. The molecule has 0 aliphatic carbocycles. The highest BCUT2D eigenvalue weighted by Crippen LogP contribution is 2.37. The monoisotopic (exact) mass is 171 g/mol. The van der Waals surface area contributed by atoms with Gasteiger partial charge in [0, 0.05) is 0 Å². The molecule has 1 aromatic rings. The molecule has 0 saturated carbocycles. The molecule has 2 N–H and O–H groups in total. The van der Waals surface area contributed by atoms with Crippen molar-refractivity contribution in [3.63, 3.8) is 0 Å². The summed E-state index contributed by atoms with van der Waals surface area (Å²) in [4.78, 5) is 13.3. The molecule has 1 aromatic heterocycles. The zero-order chi connectivity index (χ0) is 7.68. The summed E-state index contributed by atoms with van der Waals surface area (Å²) in [6, 6.07) is 0. The van der Waals surface area contributed by atoms with Gasteiger partial charge in [-0.05, 0) is 18.6 Å². The van der Waals surface area contributed by atoms with Gasteiger partial charge in [-0.3, -0.25) is 4.98 Å². The van der Waals surface area contributed by atoms with Crippen LogP contribution in [-0.4, -0.2) is 20.9 Å². The fourth-order valence-corrected chi connectivity index (χ4v) is 2.45. The van der Waals surface area contributed by atoms with Crippen LogP contribution in [0.15, 0.2) is 4.79 Å². The molecule has 1 atom stereocenters. The van der Waals surface area contributed by atoms with Crippen LogP contribution in [-0.2, 0) is 0 Å². The number of aromatic nitrogens is 3. The SMILES string of the molecule is O=c1[nH]nc(C2CCCS2)[nH]1. The van der Waals surface area contributed by atoms with Crippen LogP contribution in [0.1, 0.15) is 23.9 Å². The average Bonchev–Trinajstić information content (AvgIpc) is 2.55. The molecule has 2 heterocycles. The van der Waals surface area contributed by atoms with Crippen LogP contribution >= 0.6 is 11.8 Å². The predicted octanol–water partition coefficient (Wildman–Crippen LogP) is 0.666. The van der Waals surface area contributed by atoms with Gasteiger partial charge in [0.05, 0.1) is 5.25 Å². The summed E-state index contributed by atoms with van der Waals surface area (Å²) in [6.45, 7) is 0. The average molecular weight is 171 g/mol. The molecule has 0 amide bonds. The second kappa shape index (κ2) is 2.73. The molecule has 2 rings (SSSR count). The Morgan fingerprint density at radius 3 is 3.09 bits per heavy atom. The minimum absolute atomic E-state index is 0.201. The van der Waals surface area contributed by atoms with Gasteiger partial charge >= 0.3 is 5.69 Å². The van der Waals surface area contributed by atoms with Gasteiger partial charge in [0.1, 0.15) is 5.82 Å². The third kappa shape index (κ3) is 1.33. The zero-order valence-corrected chi connectivity index (χ0v) is 6.78. The van der Waals surface area contributed by atoms with E-state index in [1.807, 2.05) is 11.8 Å². The van der Waals surface area contributed by atoms with E-state index in [2.05, 4.69) is 15.2 Å². The van der Waals surface area contributed by atoms with Crippen molar-refractivity contribution in [3.05, 3.63) is 16.3 Å². The van der Waals surface area contributed by atoms with Crippen LogP contribution in [0.4, 0.5) is 0 Å². The van der Waals surface area contributed by atoms with E-state index >= 15 is 0 Å². The molecule has 5 heteroatoms. The van der Waals surface area contributed by atoms with E-state index in [0.717, 1.165) is 12.2 Å². The van der Waals surface area contributed by atoms with Gasteiger partial charge in [0.25, 0.3) is 0 Å².